The summed E-state index contributed by atoms with van der Waals surface area (Å²) < 4.78 is 14.5. The third kappa shape index (κ3) is 5.80. The maximum absolute atomic E-state index is 14.5. The van der Waals surface area contributed by atoms with Gasteiger partial charge in [-0.25, -0.2) is 4.39 Å². The monoisotopic (exact) mass is 597 g/mol. The van der Waals surface area contributed by atoms with E-state index in [4.69, 9.17) is 11.6 Å². The molecule has 0 unspecified atom stereocenters. The van der Waals surface area contributed by atoms with Crippen molar-refractivity contribution in [1.82, 2.24) is 4.90 Å². The molecule has 2 aliphatic heterocycles. The number of piperazine rings is 1. The summed E-state index contributed by atoms with van der Waals surface area (Å²) in [6, 6.07) is 27.4. The Morgan fingerprint density at radius 3 is 2.38 bits per heavy atom. The number of nitrogens with zero attached hydrogens (tertiary/aromatic N) is 3. The summed E-state index contributed by atoms with van der Waals surface area (Å²) in [4.78, 5) is 34.1. The van der Waals surface area contributed by atoms with Gasteiger partial charge >= 0.3 is 0 Å². The van der Waals surface area contributed by atoms with Gasteiger partial charge in [0.2, 0.25) is 0 Å². The second-order valence-electron chi connectivity index (χ2n) is 10.4. The largest absolute Gasteiger partial charge is 0.368 e. The first-order valence-corrected chi connectivity index (χ1v) is 15.0. The highest BCUT2D eigenvalue weighted by Crippen LogP contribution is 2.42. The first kappa shape index (κ1) is 28.1. The zero-order valence-electron chi connectivity index (χ0n) is 23.1. The average Bonchev–Trinajstić information content (AvgIpc) is 3.01. The van der Waals surface area contributed by atoms with Gasteiger partial charge in [0.25, 0.3) is 11.8 Å². The SMILES string of the molecule is Cc1ccc(Cl)cc1N1CCN(C(=O)c2ccc(C=C3Sc4ccccc4N(Cc4ccccc4F)C3=O)cc2)CC1. The minimum atomic E-state index is -0.340. The van der Waals surface area contributed by atoms with Crippen LogP contribution in [0.2, 0.25) is 5.02 Å². The fourth-order valence-corrected chi connectivity index (χ4v) is 6.57. The van der Waals surface area contributed by atoms with Crippen molar-refractivity contribution in [3.63, 3.8) is 0 Å². The molecule has 2 heterocycles. The Balaban J connectivity index is 1.16. The summed E-state index contributed by atoms with van der Waals surface area (Å²) in [5.74, 6) is -0.535. The van der Waals surface area contributed by atoms with Crippen LogP contribution in [0.1, 0.15) is 27.0 Å². The highest BCUT2D eigenvalue weighted by atomic mass is 35.5. The fourth-order valence-electron chi connectivity index (χ4n) is 5.35. The van der Waals surface area contributed by atoms with Gasteiger partial charge in [0, 0.05) is 52.9 Å². The van der Waals surface area contributed by atoms with E-state index in [0.29, 0.717) is 34.1 Å². The van der Waals surface area contributed by atoms with Crippen LogP contribution >= 0.6 is 23.4 Å². The van der Waals surface area contributed by atoms with Crippen LogP contribution in [0.25, 0.3) is 6.08 Å². The maximum atomic E-state index is 14.5. The van der Waals surface area contributed by atoms with E-state index in [1.54, 1.807) is 23.1 Å². The van der Waals surface area contributed by atoms with Gasteiger partial charge in [0.15, 0.2) is 0 Å². The van der Waals surface area contributed by atoms with Gasteiger partial charge in [-0.2, -0.15) is 0 Å². The van der Waals surface area contributed by atoms with Crippen LogP contribution in [-0.4, -0.2) is 42.9 Å². The molecule has 4 aromatic carbocycles. The first-order valence-electron chi connectivity index (χ1n) is 13.8. The Morgan fingerprint density at radius 2 is 1.62 bits per heavy atom. The van der Waals surface area contributed by atoms with Crippen LogP contribution in [0.4, 0.5) is 15.8 Å². The molecule has 0 atom stereocenters. The van der Waals surface area contributed by atoms with Crippen molar-refractivity contribution in [2.24, 2.45) is 0 Å². The molecule has 42 heavy (non-hydrogen) atoms. The first-order chi connectivity index (χ1) is 20.4. The number of thioether (sulfide) groups is 1. The van der Waals surface area contributed by atoms with Crippen molar-refractivity contribution in [1.29, 1.82) is 0 Å². The average molecular weight is 598 g/mol. The number of fused-ring (bicyclic) bond motifs is 1. The highest BCUT2D eigenvalue weighted by Gasteiger charge is 2.30. The van der Waals surface area contributed by atoms with E-state index in [1.807, 2.05) is 77.7 Å². The lowest BCUT2D eigenvalue weighted by Gasteiger charge is -2.37. The van der Waals surface area contributed by atoms with Crippen LogP contribution < -0.4 is 9.80 Å². The van der Waals surface area contributed by atoms with E-state index in [-0.39, 0.29) is 24.2 Å². The standard InChI is InChI=1S/C34H29ClFN3O2S/c1-23-10-15-27(35)21-30(23)37-16-18-38(19-17-37)33(40)25-13-11-24(12-14-25)20-32-34(41)39(22-26-6-2-3-7-28(26)36)29-8-4-5-9-31(29)42-32/h2-15,20-21H,16-19,22H2,1H3. The Kier molecular flexibility index (Phi) is 8.05. The summed E-state index contributed by atoms with van der Waals surface area (Å²) >= 11 is 7.61. The molecule has 5 nitrogen and oxygen atoms in total. The summed E-state index contributed by atoms with van der Waals surface area (Å²) in [7, 11) is 0. The number of rotatable bonds is 5. The van der Waals surface area contributed by atoms with E-state index in [0.717, 1.165) is 40.5 Å². The molecule has 0 N–H and O–H groups in total. The highest BCUT2D eigenvalue weighted by molar-refractivity contribution is 8.04. The van der Waals surface area contributed by atoms with Crippen LogP contribution in [0, 0.1) is 12.7 Å². The number of anilines is 2. The molecule has 6 rings (SSSR count). The normalized spacial score (nSPS) is 16.1. The number of para-hydroxylation sites is 1. The van der Waals surface area contributed by atoms with Crippen LogP contribution in [0.5, 0.6) is 0 Å². The molecule has 0 bridgehead atoms. The second kappa shape index (κ2) is 12.0. The van der Waals surface area contributed by atoms with Crippen LogP contribution in [-0.2, 0) is 11.3 Å². The lowest BCUT2D eigenvalue weighted by molar-refractivity contribution is -0.114. The Hall–Kier alpha value is -4.07. The molecule has 0 saturated carbocycles. The number of carbonyl (C=O) groups is 2. The van der Waals surface area contributed by atoms with E-state index >= 15 is 0 Å². The summed E-state index contributed by atoms with van der Waals surface area (Å²) in [5.41, 5.74) is 4.92. The van der Waals surface area contributed by atoms with Gasteiger partial charge in [0.1, 0.15) is 5.82 Å². The summed E-state index contributed by atoms with van der Waals surface area (Å²) in [5, 5.41) is 0.708. The Bertz CT molecular complexity index is 1680. The van der Waals surface area contributed by atoms with Gasteiger partial charge in [-0.15, -0.1) is 0 Å². The van der Waals surface area contributed by atoms with Crippen molar-refractivity contribution in [2.75, 3.05) is 36.0 Å². The molecule has 8 heteroatoms. The van der Waals surface area contributed by atoms with Crippen molar-refractivity contribution < 1.29 is 14.0 Å². The predicted molar refractivity (Wildman–Crippen MR) is 169 cm³/mol. The fraction of sp³-hybridized carbons (Fsp3) is 0.176. The molecule has 2 amide bonds. The smallest absolute Gasteiger partial charge is 0.265 e. The Labute approximate surface area is 254 Å². The topological polar surface area (TPSA) is 43.9 Å². The molecular weight excluding hydrogens is 569 g/mol. The second-order valence-corrected chi connectivity index (χ2v) is 11.9. The minimum absolute atomic E-state index is 0.00947. The van der Waals surface area contributed by atoms with Gasteiger partial charge in [0.05, 0.1) is 17.1 Å². The van der Waals surface area contributed by atoms with Crippen molar-refractivity contribution >= 4 is 52.6 Å². The lowest BCUT2D eigenvalue weighted by atomic mass is 10.1. The van der Waals surface area contributed by atoms with Gasteiger partial charge < -0.3 is 14.7 Å². The zero-order chi connectivity index (χ0) is 29.2. The molecule has 2 aliphatic rings. The van der Waals surface area contributed by atoms with Gasteiger partial charge in [-0.05, 0) is 66.6 Å². The van der Waals surface area contributed by atoms with Crippen LogP contribution in [0.3, 0.4) is 0 Å². The summed E-state index contributed by atoms with van der Waals surface area (Å²) in [6.07, 6.45) is 1.83. The number of carbonyl (C=O) groups excluding carboxylic acids is 2. The van der Waals surface area contributed by atoms with E-state index in [2.05, 4.69) is 11.8 Å². The van der Waals surface area contributed by atoms with Crippen molar-refractivity contribution in [3.8, 4) is 0 Å². The summed E-state index contributed by atoms with van der Waals surface area (Å²) in [6.45, 7) is 4.93. The molecule has 0 aromatic heterocycles. The lowest BCUT2D eigenvalue weighted by Crippen LogP contribution is -2.49. The number of halogens is 2. The molecule has 1 saturated heterocycles. The molecule has 4 aromatic rings. The molecule has 0 aliphatic carbocycles. The predicted octanol–water partition coefficient (Wildman–Crippen LogP) is 7.43. The van der Waals surface area contributed by atoms with Crippen molar-refractivity contribution in [3.05, 3.63) is 129 Å². The van der Waals surface area contributed by atoms with E-state index in [1.165, 1.54) is 17.8 Å². The third-order valence-electron chi connectivity index (χ3n) is 7.65. The quantitative estimate of drug-likeness (QED) is 0.224. The number of aryl methyl sites for hydroxylation is 1. The van der Waals surface area contributed by atoms with E-state index < -0.39 is 0 Å². The molecular formula is C34H29ClFN3O2S. The maximum Gasteiger partial charge on any atom is 0.265 e. The third-order valence-corrected chi connectivity index (χ3v) is 8.96. The van der Waals surface area contributed by atoms with E-state index in [9.17, 15) is 14.0 Å². The number of hydrogen-bond acceptors (Lipinski definition) is 4. The zero-order valence-corrected chi connectivity index (χ0v) is 24.7. The number of benzene rings is 4. The molecule has 212 valence electrons. The van der Waals surface area contributed by atoms with Gasteiger partial charge in [-0.1, -0.05) is 71.9 Å². The van der Waals surface area contributed by atoms with Gasteiger partial charge in [-0.3, -0.25) is 9.59 Å². The van der Waals surface area contributed by atoms with Crippen molar-refractivity contribution in [2.45, 2.75) is 18.4 Å². The molecule has 0 radical (unpaired) electrons. The molecule has 1 fully saturated rings. The number of amides is 2. The Morgan fingerprint density at radius 1 is 0.905 bits per heavy atom. The number of hydrogen-bond donors (Lipinski definition) is 0. The molecule has 0 spiro atoms. The van der Waals surface area contributed by atoms with Crippen LogP contribution in [0.15, 0.2) is 101 Å². The minimum Gasteiger partial charge on any atom is -0.368 e.